The maximum absolute atomic E-state index is 10.7. The lowest BCUT2D eigenvalue weighted by molar-refractivity contribution is 0.0702. The number of rotatable bonds is 4. The molecule has 1 aromatic heterocycles. The number of nitriles is 1. The molecule has 19 heavy (non-hydrogen) atoms. The van der Waals surface area contributed by atoms with Gasteiger partial charge in [-0.25, -0.2) is 4.79 Å². The zero-order chi connectivity index (χ0) is 13.8. The van der Waals surface area contributed by atoms with Crippen LogP contribution in [-0.4, -0.2) is 11.1 Å². The summed E-state index contributed by atoms with van der Waals surface area (Å²) in [6.07, 6.45) is 0. The van der Waals surface area contributed by atoms with Crippen molar-refractivity contribution < 1.29 is 14.6 Å². The highest BCUT2D eigenvalue weighted by molar-refractivity contribution is 7.13. The third kappa shape index (κ3) is 3.25. The Balaban J connectivity index is 2.04. The minimum absolute atomic E-state index is 0.264. The van der Waals surface area contributed by atoms with Gasteiger partial charge in [0.1, 0.15) is 23.3 Å². The Labute approximate surface area is 118 Å². The predicted molar refractivity (Wildman–Crippen MR) is 71.8 cm³/mol. The van der Waals surface area contributed by atoms with E-state index in [1.807, 2.05) is 6.07 Å². The molecule has 0 radical (unpaired) electrons. The molecular formula is C13H8ClNO3S. The minimum Gasteiger partial charge on any atom is -0.488 e. The van der Waals surface area contributed by atoms with Gasteiger partial charge in [-0.05, 0) is 24.3 Å². The van der Waals surface area contributed by atoms with E-state index in [1.54, 1.807) is 24.3 Å². The molecule has 0 fully saturated rings. The molecule has 1 heterocycles. The fourth-order valence-corrected chi connectivity index (χ4v) is 2.37. The maximum Gasteiger partial charge on any atom is 0.345 e. The Morgan fingerprint density at radius 3 is 2.79 bits per heavy atom. The van der Waals surface area contributed by atoms with Crippen LogP contribution in [0.5, 0.6) is 5.75 Å². The van der Waals surface area contributed by atoms with E-state index in [0.29, 0.717) is 16.3 Å². The van der Waals surface area contributed by atoms with Gasteiger partial charge in [0.25, 0.3) is 0 Å². The number of thiophene rings is 1. The maximum atomic E-state index is 10.7. The van der Waals surface area contributed by atoms with Gasteiger partial charge in [0.05, 0.1) is 10.6 Å². The van der Waals surface area contributed by atoms with Gasteiger partial charge in [-0.15, -0.1) is 11.3 Å². The molecule has 1 N–H and O–H groups in total. The van der Waals surface area contributed by atoms with E-state index in [1.165, 1.54) is 6.07 Å². The third-order valence-electron chi connectivity index (χ3n) is 2.31. The van der Waals surface area contributed by atoms with Crippen molar-refractivity contribution >= 4 is 28.9 Å². The summed E-state index contributed by atoms with van der Waals surface area (Å²) in [6.45, 7) is 0.264. The molecule has 0 spiro atoms. The Kier molecular flexibility index (Phi) is 4.05. The van der Waals surface area contributed by atoms with Gasteiger partial charge < -0.3 is 9.84 Å². The number of carboxylic acids is 1. The summed E-state index contributed by atoms with van der Waals surface area (Å²) in [6, 6.07) is 10.00. The number of aromatic carboxylic acids is 1. The Morgan fingerprint density at radius 2 is 2.21 bits per heavy atom. The van der Waals surface area contributed by atoms with Gasteiger partial charge >= 0.3 is 5.97 Å². The van der Waals surface area contributed by atoms with E-state index >= 15 is 0 Å². The topological polar surface area (TPSA) is 70.3 Å². The molecule has 2 rings (SSSR count). The molecule has 0 aliphatic carbocycles. The van der Waals surface area contributed by atoms with Crippen molar-refractivity contribution in [3.63, 3.8) is 0 Å². The van der Waals surface area contributed by atoms with E-state index in [4.69, 9.17) is 26.7 Å². The standard InChI is InChI=1S/C13H8ClNO3S/c14-11-5-9(2-1-8(11)6-15)18-7-10-3-4-12(19-10)13(16)17/h1-5H,7H2,(H,16,17). The number of hydrogen-bond donors (Lipinski definition) is 1. The molecule has 4 nitrogen and oxygen atoms in total. The van der Waals surface area contributed by atoms with E-state index in [-0.39, 0.29) is 11.5 Å². The number of carboxylic acid groups (broad SMARTS) is 1. The van der Waals surface area contributed by atoms with E-state index in [2.05, 4.69) is 0 Å². The zero-order valence-electron chi connectivity index (χ0n) is 9.59. The van der Waals surface area contributed by atoms with E-state index in [0.717, 1.165) is 16.2 Å². The van der Waals surface area contributed by atoms with Crippen molar-refractivity contribution in [2.24, 2.45) is 0 Å². The first kappa shape index (κ1) is 13.4. The summed E-state index contributed by atoms with van der Waals surface area (Å²) in [5.41, 5.74) is 0.387. The lowest BCUT2D eigenvalue weighted by atomic mass is 10.2. The number of benzene rings is 1. The number of nitrogens with zero attached hydrogens (tertiary/aromatic N) is 1. The van der Waals surface area contributed by atoms with Crippen LogP contribution < -0.4 is 4.74 Å². The highest BCUT2D eigenvalue weighted by Crippen LogP contribution is 2.24. The monoisotopic (exact) mass is 293 g/mol. The van der Waals surface area contributed by atoms with Gasteiger partial charge in [-0.1, -0.05) is 11.6 Å². The van der Waals surface area contributed by atoms with Crippen molar-refractivity contribution in [1.29, 1.82) is 5.26 Å². The van der Waals surface area contributed by atoms with Crippen LogP contribution in [0.3, 0.4) is 0 Å². The fraction of sp³-hybridized carbons (Fsp3) is 0.0769. The van der Waals surface area contributed by atoms with Crippen molar-refractivity contribution in [1.82, 2.24) is 0 Å². The molecule has 0 aliphatic rings. The fourth-order valence-electron chi connectivity index (χ4n) is 1.40. The van der Waals surface area contributed by atoms with Gasteiger partial charge in [0.2, 0.25) is 0 Å². The molecule has 0 unspecified atom stereocenters. The zero-order valence-corrected chi connectivity index (χ0v) is 11.2. The minimum atomic E-state index is -0.947. The van der Waals surface area contributed by atoms with E-state index < -0.39 is 5.97 Å². The first-order valence-corrected chi connectivity index (χ1v) is 6.44. The summed E-state index contributed by atoms with van der Waals surface area (Å²) in [7, 11) is 0. The van der Waals surface area contributed by atoms with Gasteiger partial charge in [0.15, 0.2) is 0 Å². The van der Waals surface area contributed by atoms with Crippen LogP contribution in [0.2, 0.25) is 5.02 Å². The molecular weight excluding hydrogens is 286 g/mol. The summed E-state index contributed by atoms with van der Waals surface area (Å²) in [4.78, 5) is 11.8. The summed E-state index contributed by atoms with van der Waals surface area (Å²) in [5.74, 6) is -0.410. The molecule has 0 saturated carbocycles. The molecule has 0 aliphatic heterocycles. The second-order valence-electron chi connectivity index (χ2n) is 3.61. The first-order chi connectivity index (χ1) is 9.10. The Hall–Kier alpha value is -2.03. The van der Waals surface area contributed by atoms with Crippen LogP contribution in [-0.2, 0) is 6.61 Å². The van der Waals surface area contributed by atoms with Crippen LogP contribution in [0.15, 0.2) is 30.3 Å². The molecule has 0 atom stereocenters. The highest BCUT2D eigenvalue weighted by Gasteiger charge is 2.08. The van der Waals surface area contributed by atoms with E-state index in [9.17, 15) is 4.79 Å². The molecule has 0 saturated heterocycles. The van der Waals surface area contributed by atoms with Gasteiger partial charge in [0, 0.05) is 10.9 Å². The predicted octanol–water partition coefficient (Wildman–Crippen LogP) is 3.55. The molecule has 0 bridgehead atoms. The molecule has 2 aromatic rings. The van der Waals surface area contributed by atoms with Crippen molar-refractivity contribution in [3.8, 4) is 11.8 Å². The lowest BCUT2D eigenvalue weighted by Crippen LogP contribution is -1.93. The van der Waals surface area contributed by atoms with Crippen LogP contribution >= 0.6 is 22.9 Å². The van der Waals surface area contributed by atoms with Gasteiger partial charge in [-0.2, -0.15) is 5.26 Å². The van der Waals surface area contributed by atoms with Crippen molar-refractivity contribution in [3.05, 3.63) is 50.7 Å². The van der Waals surface area contributed by atoms with Crippen LogP contribution in [0, 0.1) is 11.3 Å². The average molecular weight is 294 g/mol. The van der Waals surface area contributed by atoms with Crippen LogP contribution in [0.25, 0.3) is 0 Å². The van der Waals surface area contributed by atoms with Crippen LogP contribution in [0.1, 0.15) is 20.1 Å². The number of carbonyl (C=O) groups is 1. The number of ether oxygens (including phenoxy) is 1. The second kappa shape index (κ2) is 5.74. The highest BCUT2D eigenvalue weighted by atomic mass is 35.5. The molecule has 1 aromatic carbocycles. The Morgan fingerprint density at radius 1 is 1.42 bits per heavy atom. The SMILES string of the molecule is N#Cc1ccc(OCc2ccc(C(=O)O)s2)cc1Cl. The normalized spacial score (nSPS) is 9.89. The second-order valence-corrected chi connectivity index (χ2v) is 5.19. The smallest absolute Gasteiger partial charge is 0.345 e. The third-order valence-corrected chi connectivity index (χ3v) is 3.67. The van der Waals surface area contributed by atoms with Crippen LogP contribution in [0.4, 0.5) is 0 Å². The quantitative estimate of drug-likeness (QED) is 0.936. The summed E-state index contributed by atoms with van der Waals surface area (Å²) in [5, 5.41) is 17.9. The molecule has 6 heteroatoms. The Bertz CT molecular complexity index is 660. The summed E-state index contributed by atoms with van der Waals surface area (Å²) < 4.78 is 5.49. The average Bonchev–Trinajstić information content (AvgIpc) is 2.85. The van der Waals surface area contributed by atoms with Crippen molar-refractivity contribution in [2.75, 3.05) is 0 Å². The number of halogens is 1. The van der Waals surface area contributed by atoms with Crippen molar-refractivity contribution in [2.45, 2.75) is 6.61 Å². The number of hydrogen-bond acceptors (Lipinski definition) is 4. The largest absolute Gasteiger partial charge is 0.488 e. The molecule has 96 valence electrons. The van der Waals surface area contributed by atoms with Gasteiger partial charge in [-0.3, -0.25) is 0 Å². The lowest BCUT2D eigenvalue weighted by Gasteiger charge is -2.05. The molecule has 0 amide bonds. The first-order valence-electron chi connectivity index (χ1n) is 5.24. The summed E-state index contributed by atoms with van der Waals surface area (Å²) >= 11 is 7.04.